The van der Waals surface area contributed by atoms with E-state index < -0.39 is 0 Å². The van der Waals surface area contributed by atoms with E-state index >= 15 is 0 Å². The van der Waals surface area contributed by atoms with Gasteiger partial charge in [-0.2, -0.15) is 0 Å². The number of fused-ring (bicyclic) bond motifs is 1. The maximum absolute atomic E-state index is 12.1. The van der Waals surface area contributed by atoms with Crippen molar-refractivity contribution in [3.63, 3.8) is 0 Å². The topological polar surface area (TPSA) is 89.6 Å². The molecule has 7 nitrogen and oxygen atoms in total. The zero-order valence-corrected chi connectivity index (χ0v) is 14.0. The molecule has 0 radical (unpaired) electrons. The third-order valence-electron chi connectivity index (χ3n) is 3.97. The van der Waals surface area contributed by atoms with E-state index in [0.29, 0.717) is 11.4 Å². The molecule has 0 bridgehead atoms. The molecule has 0 aliphatic heterocycles. The Labute approximate surface area is 140 Å². The molecule has 1 aromatic heterocycles. The van der Waals surface area contributed by atoms with Gasteiger partial charge in [-0.15, -0.1) is 0 Å². The predicted molar refractivity (Wildman–Crippen MR) is 89.0 cm³/mol. The van der Waals surface area contributed by atoms with Crippen LogP contribution in [-0.2, 0) is 16.1 Å². The minimum absolute atomic E-state index is 0.156. The van der Waals surface area contributed by atoms with Crippen LogP contribution in [0.4, 0.5) is 5.69 Å². The monoisotopic (exact) mass is 328 g/mol. The molecule has 0 fully saturated rings. The van der Waals surface area contributed by atoms with Crippen molar-refractivity contribution in [2.45, 2.75) is 40.0 Å². The molecule has 1 aromatic carbocycles. The van der Waals surface area contributed by atoms with Gasteiger partial charge >= 0.3 is 0 Å². The third kappa shape index (κ3) is 3.45. The summed E-state index contributed by atoms with van der Waals surface area (Å²) in [5, 5.41) is 14.6. The summed E-state index contributed by atoms with van der Waals surface area (Å²) in [5.41, 5.74) is 6.14. The van der Waals surface area contributed by atoms with Crippen LogP contribution in [0.5, 0.6) is 0 Å². The Bertz CT molecular complexity index is 772. The van der Waals surface area contributed by atoms with Gasteiger partial charge in [-0.3, -0.25) is 4.79 Å². The van der Waals surface area contributed by atoms with Crippen LogP contribution >= 0.6 is 0 Å². The average Bonchev–Trinajstić information content (AvgIpc) is 3.00. The highest BCUT2D eigenvalue weighted by atomic mass is 16.6. The molecule has 3 rings (SSSR count). The second kappa shape index (κ2) is 6.82. The molecular formula is C17H20N4O3. The highest BCUT2D eigenvalue weighted by Gasteiger charge is 2.21. The van der Waals surface area contributed by atoms with Gasteiger partial charge in [0.05, 0.1) is 0 Å². The van der Waals surface area contributed by atoms with Crippen molar-refractivity contribution in [1.29, 1.82) is 0 Å². The zero-order valence-electron chi connectivity index (χ0n) is 14.0. The largest absolute Gasteiger partial charge is 0.385 e. The number of nitrogens with one attached hydrogen (secondary N) is 1. The number of rotatable bonds is 4. The van der Waals surface area contributed by atoms with E-state index in [1.54, 1.807) is 0 Å². The number of hydrogen-bond donors (Lipinski definition) is 1. The number of amides is 1. The van der Waals surface area contributed by atoms with Crippen molar-refractivity contribution in [3.8, 4) is 0 Å². The van der Waals surface area contributed by atoms with Gasteiger partial charge in [-0.1, -0.05) is 28.0 Å². The Morgan fingerprint density at radius 3 is 2.75 bits per heavy atom. The summed E-state index contributed by atoms with van der Waals surface area (Å²) in [6.07, 6.45) is 2.47. The molecule has 0 unspecified atom stereocenters. The number of aryl methyl sites for hydroxylation is 4. The van der Waals surface area contributed by atoms with Crippen molar-refractivity contribution in [3.05, 3.63) is 40.2 Å². The van der Waals surface area contributed by atoms with Gasteiger partial charge in [0.25, 0.3) is 5.91 Å². The fourth-order valence-electron chi connectivity index (χ4n) is 2.94. The third-order valence-corrected chi connectivity index (χ3v) is 3.97. The van der Waals surface area contributed by atoms with Crippen molar-refractivity contribution in [2.24, 2.45) is 5.16 Å². The highest BCUT2D eigenvalue weighted by Crippen LogP contribution is 2.22. The van der Waals surface area contributed by atoms with Crippen molar-refractivity contribution in [2.75, 3.05) is 11.9 Å². The summed E-state index contributed by atoms with van der Waals surface area (Å²) in [6.45, 7) is 5.81. The number of nitrogens with zero attached hydrogens (tertiary/aromatic N) is 3. The summed E-state index contributed by atoms with van der Waals surface area (Å²) in [4.78, 5) is 17.3. The van der Waals surface area contributed by atoms with Crippen molar-refractivity contribution in [1.82, 2.24) is 10.3 Å². The van der Waals surface area contributed by atoms with Crippen LogP contribution < -0.4 is 5.32 Å². The number of anilines is 1. The lowest BCUT2D eigenvalue weighted by molar-refractivity contribution is -0.120. The summed E-state index contributed by atoms with van der Waals surface area (Å²) >= 11 is 0. The Hall–Kier alpha value is -2.70. The quantitative estimate of drug-likeness (QED) is 0.872. The van der Waals surface area contributed by atoms with Gasteiger partial charge < -0.3 is 10.2 Å². The van der Waals surface area contributed by atoms with Crippen molar-refractivity contribution >= 4 is 17.3 Å². The SMILES string of the molecule is Cc1cc(C)c(NC(=O)CO/N=C2/CCCc3nonc32)c(C)c1. The number of carbonyl (C=O) groups is 1. The number of aromatic nitrogens is 2. The normalized spacial score (nSPS) is 15.2. The van der Waals surface area contributed by atoms with Crippen LogP contribution in [0.1, 0.15) is 40.9 Å². The molecule has 1 N–H and O–H groups in total. The van der Waals surface area contributed by atoms with Gasteiger partial charge in [-0.25, -0.2) is 4.63 Å². The number of carbonyl (C=O) groups excluding carboxylic acids is 1. The van der Waals surface area contributed by atoms with E-state index in [0.717, 1.165) is 41.8 Å². The molecule has 24 heavy (non-hydrogen) atoms. The van der Waals surface area contributed by atoms with Crippen LogP contribution in [0.2, 0.25) is 0 Å². The molecule has 2 aromatic rings. The first-order chi connectivity index (χ1) is 11.5. The molecule has 0 saturated heterocycles. The summed E-state index contributed by atoms with van der Waals surface area (Å²) in [6, 6.07) is 4.07. The summed E-state index contributed by atoms with van der Waals surface area (Å²) in [7, 11) is 0. The lowest BCUT2D eigenvalue weighted by Gasteiger charge is -2.13. The summed E-state index contributed by atoms with van der Waals surface area (Å²) in [5.74, 6) is -0.247. The van der Waals surface area contributed by atoms with E-state index in [1.165, 1.54) is 5.56 Å². The molecule has 7 heteroatoms. The second-order valence-electron chi connectivity index (χ2n) is 6.05. The molecule has 1 aliphatic rings. The smallest absolute Gasteiger partial charge is 0.265 e. The second-order valence-corrected chi connectivity index (χ2v) is 6.05. The molecule has 0 saturated carbocycles. The maximum Gasteiger partial charge on any atom is 0.265 e. The van der Waals surface area contributed by atoms with Crippen molar-refractivity contribution < 1.29 is 14.3 Å². The lowest BCUT2D eigenvalue weighted by atomic mass is 9.99. The molecule has 1 amide bonds. The Morgan fingerprint density at radius 2 is 2.00 bits per heavy atom. The number of oxime groups is 1. The van der Waals surface area contributed by atoms with Crippen LogP contribution in [0, 0.1) is 20.8 Å². The molecule has 1 aliphatic carbocycles. The van der Waals surface area contributed by atoms with Crippen LogP contribution in [0.15, 0.2) is 21.9 Å². The molecular weight excluding hydrogens is 308 g/mol. The molecule has 126 valence electrons. The fourth-order valence-corrected chi connectivity index (χ4v) is 2.94. The van der Waals surface area contributed by atoms with E-state index in [2.05, 4.69) is 20.8 Å². The molecule has 1 heterocycles. The Kier molecular flexibility index (Phi) is 4.59. The van der Waals surface area contributed by atoms with Gasteiger partial charge in [0.2, 0.25) is 0 Å². The number of benzene rings is 1. The molecule has 0 spiro atoms. The fraction of sp³-hybridized carbons (Fsp3) is 0.412. The van der Waals surface area contributed by atoms with Gasteiger partial charge in [-0.05, 0) is 56.3 Å². The highest BCUT2D eigenvalue weighted by molar-refractivity contribution is 6.00. The predicted octanol–water partition coefficient (Wildman–Crippen LogP) is 2.69. The maximum atomic E-state index is 12.1. The van der Waals surface area contributed by atoms with E-state index in [4.69, 9.17) is 9.47 Å². The Morgan fingerprint density at radius 1 is 1.25 bits per heavy atom. The first kappa shape index (κ1) is 16.2. The van der Waals surface area contributed by atoms with Gasteiger partial charge in [0.1, 0.15) is 11.4 Å². The Balaban J connectivity index is 1.61. The first-order valence-electron chi connectivity index (χ1n) is 7.93. The van der Waals surface area contributed by atoms with Gasteiger partial charge in [0.15, 0.2) is 12.3 Å². The standard InChI is InChI=1S/C17H20N4O3/c1-10-7-11(2)16(12(3)8-10)18-15(22)9-23-19-13-5-4-6-14-17(13)21-24-20-14/h7-8H,4-6,9H2,1-3H3,(H,18,22)/b19-13-. The lowest BCUT2D eigenvalue weighted by Crippen LogP contribution is -2.19. The summed E-state index contributed by atoms with van der Waals surface area (Å²) < 4.78 is 4.72. The zero-order chi connectivity index (χ0) is 17.1. The minimum Gasteiger partial charge on any atom is -0.385 e. The van der Waals surface area contributed by atoms with Crippen LogP contribution in [0.25, 0.3) is 0 Å². The van der Waals surface area contributed by atoms with E-state index in [-0.39, 0.29) is 12.5 Å². The van der Waals surface area contributed by atoms with Gasteiger partial charge in [0, 0.05) is 5.69 Å². The van der Waals surface area contributed by atoms with E-state index in [1.807, 2.05) is 32.9 Å². The molecule has 0 atom stereocenters. The van der Waals surface area contributed by atoms with Crippen LogP contribution in [0.3, 0.4) is 0 Å². The average molecular weight is 328 g/mol. The first-order valence-corrected chi connectivity index (χ1v) is 7.93. The number of hydrogen-bond acceptors (Lipinski definition) is 6. The van der Waals surface area contributed by atoms with Crippen LogP contribution in [-0.4, -0.2) is 28.5 Å². The minimum atomic E-state index is -0.247. The van der Waals surface area contributed by atoms with E-state index in [9.17, 15) is 4.79 Å².